The Morgan fingerprint density at radius 2 is 1.90 bits per heavy atom. The first-order valence-corrected chi connectivity index (χ1v) is 7.03. The second-order valence-corrected chi connectivity index (χ2v) is 5.25. The molecular formula is C14H14N4O2S. The zero-order chi connectivity index (χ0) is 14.8. The first-order valence-electron chi connectivity index (χ1n) is 6.63. The standard InChI is InChI=1S/C14H14N4O2S/c19-12(9-6-7-9)16-17-13(20)11-8-15-14(21)18(11)10-4-2-1-3-5-10/h1-5,8-9H,6-7H2,(H,15,21)(H,16,19)(H,17,20). The Morgan fingerprint density at radius 3 is 2.57 bits per heavy atom. The molecule has 0 atom stereocenters. The minimum Gasteiger partial charge on any atom is -0.336 e. The molecule has 108 valence electrons. The van der Waals surface area contributed by atoms with Crippen molar-refractivity contribution >= 4 is 24.0 Å². The van der Waals surface area contributed by atoms with Gasteiger partial charge in [-0.1, -0.05) is 18.2 Å². The van der Waals surface area contributed by atoms with Crippen LogP contribution in [-0.2, 0) is 4.79 Å². The number of benzene rings is 1. The lowest BCUT2D eigenvalue weighted by Gasteiger charge is -2.09. The van der Waals surface area contributed by atoms with E-state index >= 15 is 0 Å². The zero-order valence-electron chi connectivity index (χ0n) is 11.1. The molecule has 0 aliphatic heterocycles. The van der Waals surface area contributed by atoms with E-state index in [0.717, 1.165) is 18.5 Å². The van der Waals surface area contributed by atoms with Gasteiger partial charge in [-0.05, 0) is 37.2 Å². The van der Waals surface area contributed by atoms with E-state index in [2.05, 4.69) is 15.8 Å². The fourth-order valence-electron chi connectivity index (χ4n) is 2.00. The SMILES string of the molecule is O=C(NNC(=O)C1CC1)c1c[nH]c(=S)n1-c1ccccc1. The molecule has 1 aliphatic carbocycles. The Balaban J connectivity index is 1.80. The van der Waals surface area contributed by atoms with Gasteiger partial charge in [0.1, 0.15) is 5.69 Å². The van der Waals surface area contributed by atoms with Crippen LogP contribution in [0.4, 0.5) is 0 Å². The summed E-state index contributed by atoms with van der Waals surface area (Å²) in [6.07, 6.45) is 3.28. The first-order chi connectivity index (χ1) is 10.2. The zero-order valence-corrected chi connectivity index (χ0v) is 11.9. The summed E-state index contributed by atoms with van der Waals surface area (Å²) in [5, 5.41) is 0. The predicted molar refractivity (Wildman–Crippen MR) is 79.3 cm³/mol. The van der Waals surface area contributed by atoms with E-state index < -0.39 is 5.91 Å². The molecule has 2 aromatic rings. The molecule has 3 rings (SSSR count). The van der Waals surface area contributed by atoms with Crippen molar-refractivity contribution in [2.24, 2.45) is 5.92 Å². The molecule has 1 saturated carbocycles. The molecule has 2 amide bonds. The topological polar surface area (TPSA) is 78.9 Å². The van der Waals surface area contributed by atoms with Crippen molar-refractivity contribution in [3.8, 4) is 5.69 Å². The molecule has 0 unspecified atom stereocenters. The van der Waals surface area contributed by atoms with Gasteiger partial charge in [-0.3, -0.25) is 25.0 Å². The van der Waals surface area contributed by atoms with E-state index in [1.807, 2.05) is 30.3 Å². The smallest absolute Gasteiger partial charge is 0.288 e. The molecule has 7 heteroatoms. The summed E-state index contributed by atoms with van der Waals surface area (Å²) in [6, 6.07) is 9.31. The minimum absolute atomic E-state index is 0.0345. The lowest BCUT2D eigenvalue weighted by molar-refractivity contribution is -0.123. The van der Waals surface area contributed by atoms with Crippen molar-refractivity contribution < 1.29 is 9.59 Å². The lowest BCUT2D eigenvalue weighted by Crippen LogP contribution is -2.43. The maximum absolute atomic E-state index is 12.2. The van der Waals surface area contributed by atoms with Crippen LogP contribution in [0, 0.1) is 10.7 Å². The predicted octanol–water partition coefficient (Wildman–Crippen LogP) is 1.71. The molecule has 1 heterocycles. The van der Waals surface area contributed by atoms with Crippen molar-refractivity contribution in [3.05, 3.63) is 47.0 Å². The van der Waals surface area contributed by atoms with Crippen LogP contribution in [0.25, 0.3) is 5.69 Å². The number of carbonyl (C=O) groups excluding carboxylic acids is 2. The van der Waals surface area contributed by atoms with E-state index in [-0.39, 0.29) is 11.8 Å². The van der Waals surface area contributed by atoms with Gasteiger partial charge in [0.05, 0.1) is 0 Å². The highest BCUT2D eigenvalue weighted by Crippen LogP contribution is 2.28. The number of para-hydroxylation sites is 1. The Morgan fingerprint density at radius 1 is 1.19 bits per heavy atom. The summed E-state index contributed by atoms with van der Waals surface area (Å²) >= 11 is 5.20. The number of imidazole rings is 1. The summed E-state index contributed by atoms with van der Waals surface area (Å²) in [7, 11) is 0. The molecule has 3 N–H and O–H groups in total. The molecule has 1 aliphatic rings. The van der Waals surface area contributed by atoms with Crippen LogP contribution in [0.2, 0.25) is 0 Å². The van der Waals surface area contributed by atoms with Crippen LogP contribution in [-0.4, -0.2) is 21.4 Å². The Labute approximate surface area is 126 Å². The average Bonchev–Trinajstić information content (AvgIpc) is 3.28. The van der Waals surface area contributed by atoms with Gasteiger partial charge in [0.25, 0.3) is 5.91 Å². The molecule has 0 saturated heterocycles. The number of nitrogens with zero attached hydrogens (tertiary/aromatic N) is 1. The largest absolute Gasteiger partial charge is 0.336 e. The number of amides is 2. The Hall–Kier alpha value is -2.41. The van der Waals surface area contributed by atoms with Crippen LogP contribution >= 0.6 is 12.2 Å². The Bertz CT molecular complexity index is 731. The summed E-state index contributed by atoms with van der Waals surface area (Å²) in [6.45, 7) is 0. The maximum atomic E-state index is 12.2. The number of hydrazine groups is 1. The second kappa shape index (κ2) is 5.53. The van der Waals surface area contributed by atoms with Crippen molar-refractivity contribution in [2.45, 2.75) is 12.8 Å². The molecule has 0 radical (unpaired) electrons. The number of H-pyrrole nitrogens is 1. The van der Waals surface area contributed by atoms with Crippen LogP contribution < -0.4 is 10.9 Å². The van der Waals surface area contributed by atoms with E-state index in [1.54, 1.807) is 4.57 Å². The highest BCUT2D eigenvalue weighted by molar-refractivity contribution is 7.71. The number of nitrogens with one attached hydrogen (secondary N) is 3. The van der Waals surface area contributed by atoms with E-state index in [4.69, 9.17) is 12.2 Å². The molecule has 1 aromatic heterocycles. The van der Waals surface area contributed by atoms with Gasteiger partial charge in [0, 0.05) is 17.8 Å². The number of hydrogen-bond acceptors (Lipinski definition) is 3. The number of aromatic nitrogens is 2. The third kappa shape index (κ3) is 2.87. The number of aromatic amines is 1. The average molecular weight is 302 g/mol. The molecule has 21 heavy (non-hydrogen) atoms. The van der Waals surface area contributed by atoms with E-state index in [9.17, 15) is 9.59 Å². The lowest BCUT2D eigenvalue weighted by atomic mass is 10.3. The van der Waals surface area contributed by atoms with Crippen molar-refractivity contribution in [1.82, 2.24) is 20.4 Å². The van der Waals surface area contributed by atoms with Gasteiger partial charge in [-0.25, -0.2) is 0 Å². The fourth-order valence-corrected chi connectivity index (χ4v) is 2.26. The highest BCUT2D eigenvalue weighted by Gasteiger charge is 2.30. The molecule has 1 aromatic carbocycles. The Kier molecular flexibility index (Phi) is 3.57. The first kappa shape index (κ1) is 13.6. The fraction of sp³-hybridized carbons (Fsp3) is 0.214. The normalized spacial score (nSPS) is 13.7. The molecule has 1 fully saturated rings. The van der Waals surface area contributed by atoms with Crippen LogP contribution in [0.15, 0.2) is 36.5 Å². The number of hydrogen-bond donors (Lipinski definition) is 3. The van der Waals surface area contributed by atoms with Crippen molar-refractivity contribution in [3.63, 3.8) is 0 Å². The van der Waals surface area contributed by atoms with Crippen LogP contribution in [0.3, 0.4) is 0 Å². The van der Waals surface area contributed by atoms with Gasteiger partial charge < -0.3 is 4.98 Å². The van der Waals surface area contributed by atoms with Gasteiger partial charge >= 0.3 is 0 Å². The van der Waals surface area contributed by atoms with Crippen molar-refractivity contribution in [2.75, 3.05) is 0 Å². The van der Waals surface area contributed by atoms with Gasteiger partial charge in [0.15, 0.2) is 4.77 Å². The highest BCUT2D eigenvalue weighted by atomic mass is 32.1. The van der Waals surface area contributed by atoms with Gasteiger partial charge in [-0.15, -0.1) is 0 Å². The molecule has 0 spiro atoms. The third-order valence-corrected chi connectivity index (χ3v) is 3.57. The summed E-state index contributed by atoms with van der Waals surface area (Å²) in [5.74, 6) is -0.531. The summed E-state index contributed by atoms with van der Waals surface area (Å²) < 4.78 is 2.04. The van der Waals surface area contributed by atoms with Crippen molar-refractivity contribution in [1.29, 1.82) is 0 Å². The molecule has 6 nitrogen and oxygen atoms in total. The number of carbonyl (C=O) groups is 2. The quantitative estimate of drug-likeness (QED) is 0.596. The van der Waals surface area contributed by atoms with Crippen LogP contribution in [0.5, 0.6) is 0 Å². The molecule has 0 bridgehead atoms. The minimum atomic E-state index is -0.416. The monoisotopic (exact) mass is 302 g/mol. The van der Waals surface area contributed by atoms with Gasteiger partial charge in [0.2, 0.25) is 5.91 Å². The number of rotatable bonds is 3. The summed E-state index contributed by atoms with van der Waals surface area (Å²) in [4.78, 5) is 26.6. The second-order valence-electron chi connectivity index (χ2n) is 4.87. The van der Waals surface area contributed by atoms with E-state index in [1.165, 1.54) is 6.20 Å². The maximum Gasteiger partial charge on any atom is 0.288 e. The van der Waals surface area contributed by atoms with E-state index in [0.29, 0.717) is 10.5 Å². The third-order valence-electron chi connectivity index (χ3n) is 3.27. The van der Waals surface area contributed by atoms with Gasteiger partial charge in [-0.2, -0.15) is 0 Å². The van der Waals surface area contributed by atoms with Crippen LogP contribution in [0.1, 0.15) is 23.3 Å². The molecular weight excluding hydrogens is 288 g/mol. The summed E-state index contributed by atoms with van der Waals surface area (Å²) in [5.41, 5.74) is 5.96.